The lowest BCUT2D eigenvalue weighted by atomic mass is 10.1. The van der Waals surface area contributed by atoms with Gasteiger partial charge in [-0.15, -0.1) is 0 Å². The molecule has 1 unspecified atom stereocenters. The third-order valence-electron chi connectivity index (χ3n) is 1.64. The molecule has 0 aromatic heterocycles. The summed E-state index contributed by atoms with van der Waals surface area (Å²) in [6, 6.07) is 4.51. The van der Waals surface area contributed by atoms with Crippen LogP contribution in [0.25, 0.3) is 0 Å². The maximum absolute atomic E-state index is 13.0. The first-order chi connectivity index (χ1) is 5.65. The highest BCUT2D eigenvalue weighted by atomic mass is 19.1. The van der Waals surface area contributed by atoms with Crippen molar-refractivity contribution in [3.63, 3.8) is 0 Å². The van der Waals surface area contributed by atoms with Crippen LogP contribution >= 0.6 is 0 Å². The zero-order valence-electron chi connectivity index (χ0n) is 7.04. The van der Waals surface area contributed by atoms with Crippen LogP contribution in [0.4, 0.5) is 4.39 Å². The van der Waals surface area contributed by atoms with Gasteiger partial charge in [0.15, 0.2) is 6.29 Å². The van der Waals surface area contributed by atoms with Gasteiger partial charge in [0.1, 0.15) is 5.82 Å². The standard InChI is InChI=1S/C9H11FO2/c1-6-3-4-8(10)7(5-6)9(11)12-2/h3-5,9,11H,1-2H3. The second-order valence-electron chi connectivity index (χ2n) is 2.61. The van der Waals surface area contributed by atoms with Crippen molar-refractivity contribution in [3.8, 4) is 0 Å². The summed E-state index contributed by atoms with van der Waals surface area (Å²) in [5.74, 6) is -0.449. The Morgan fingerprint density at radius 1 is 1.50 bits per heavy atom. The van der Waals surface area contributed by atoms with Crippen molar-refractivity contribution in [2.24, 2.45) is 0 Å². The quantitative estimate of drug-likeness (QED) is 0.685. The Morgan fingerprint density at radius 2 is 2.17 bits per heavy atom. The Labute approximate surface area is 70.6 Å². The molecule has 0 aliphatic carbocycles. The lowest BCUT2D eigenvalue weighted by Gasteiger charge is -2.09. The molecule has 0 bridgehead atoms. The zero-order chi connectivity index (χ0) is 9.14. The van der Waals surface area contributed by atoms with E-state index in [9.17, 15) is 9.50 Å². The van der Waals surface area contributed by atoms with Crippen molar-refractivity contribution in [1.82, 2.24) is 0 Å². The molecule has 12 heavy (non-hydrogen) atoms. The lowest BCUT2D eigenvalue weighted by Crippen LogP contribution is -2.02. The summed E-state index contributed by atoms with van der Waals surface area (Å²) in [5, 5.41) is 9.17. The fourth-order valence-corrected chi connectivity index (χ4v) is 0.979. The Balaban J connectivity index is 3.04. The van der Waals surface area contributed by atoms with Gasteiger partial charge in [-0.25, -0.2) is 4.39 Å². The molecule has 0 saturated heterocycles. The molecule has 1 aromatic rings. The molecule has 0 heterocycles. The molecular formula is C9H11FO2. The van der Waals surface area contributed by atoms with Crippen LogP contribution in [0.15, 0.2) is 18.2 Å². The van der Waals surface area contributed by atoms with Crippen LogP contribution in [0.1, 0.15) is 17.4 Å². The molecule has 0 fully saturated rings. The average Bonchev–Trinajstić information content (AvgIpc) is 2.08. The number of aryl methyl sites for hydroxylation is 1. The van der Waals surface area contributed by atoms with Gasteiger partial charge < -0.3 is 9.84 Å². The molecule has 66 valence electrons. The number of hydrogen-bond acceptors (Lipinski definition) is 2. The number of ether oxygens (including phenoxy) is 1. The van der Waals surface area contributed by atoms with E-state index in [4.69, 9.17) is 0 Å². The van der Waals surface area contributed by atoms with Crippen molar-refractivity contribution in [1.29, 1.82) is 0 Å². The number of aliphatic hydroxyl groups is 1. The first kappa shape index (κ1) is 9.16. The molecule has 0 aliphatic rings. The molecular weight excluding hydrogens is 159 g/mol. The highest BCUT2D eigenvalue weighted by Gasteiger charge is 2.10. The molecule has 1 atom stereocenters. The largest absolute Gasteiger partial charge is 0.364 e. The SMILES string of the molecule is COC(O)c1cc(C)ccc1F. The predicted molar refractivity (Wildman–Crippen MR) is 43.1 cm³/mol. The Kier molecular flexibility index (Phi) is 2.78. The first-order valence-corrected chi connectivity index (χ1v) is 3.62. The van der Waals surface area contributed by atoms with Crippen LogP contribution in [-0.2, 0) is 4.74 Å². The molecule has 0 aliphatic heterocycles. The summed E-state index contributed by atoms with van der Waals surface area (Å²) >= 11 is 0. The van der Waals surface area contributed by atoms with Crippen LogP contribution in [0, 0.1) is 12.7 Å². The molecule has 1 N–H and O–H groups in total. The molecule has 0 amide bonds. The summed E-state index contributed by atoms with van der Waals surface area (Å²) in [7, 11) is 1.33. The van der Waals surface area contributed by atoms with Crippen molar-refractivity contribution in [2.45, 2.75) is 13.2 Å². The van der Waals surface area contributed by atoms with Gasteiger partial charge in [0.2, 0.25) is 0 Å². The highest BCUT2D eigenvalue weighted by molar-refractivity contribution is 5.24. The molecule has 1 rings (SSSR count). The first-order valence-electron chi connectivity index (χ1n) is 3.62. The monoisotopic (exact) mass is 170 g/mol. The van der Waals surface area contributed by atoms with Gasteiger partial charge in [-0.05, 0) is 19.1 Å². The van der Waals surface area contributed by atoms with Gasteiger partial charge in [0.05, 0.1) is 0 Å². The number of aliphatic hydroxyl groups excluding tert-OH is 1. The van der Waals surface area contributed by atoms with Crippen LogP contribution < -0.4 is 0 Å². The molecule has 0 spiro atoms. The van der Waals surface area contributed by atoms with Crippen molar-refractivity contribution in [2.75, 3.05) is 7.11 Å². The summed E-state index contributed by atoms with van der Waals surface area (Å²) in [6.07, 6.45) is -1.18. The van der Waals surface area contributed by atoms with Crippen molar-refractivity contribution < 1.29 is 14.2 Å². The number of halogens is 1. The number of benzene rings is 1. The summed E-state index contributed by atoms with van der Waals surface area (Å²) < 4.78 is 17.6. The summed E-state index contributed by atoms with van der Waals surface area (Å²) in [5.41, 5.74) is 1.07. The third-order valence-corrected chi connectivity index (χ3v) is 1.64. The Hall–Kier alpha value is -0.930. The summed E-state index contributed by atoms with van der Waals surface area (Å²) in [6.45, 7) is 1.82. The van der Waals surface area contributed by atoms with Gasteiger partial charge in [-0.1, -0.05) is 11.6 Å². The molecule has 0 radical (unpaired) electrons. The topological polar surface area (TPSA) is 29.5 Å². The fourth-order valence-electron chi connectivity index (χ4n) is 0.979. The lowest BCUT2D eigenvalue weighted by molar-refractivity contribution is -0.0790. The predicted octanol–water partition coefficient (Wildman–Crippen LogP) is 1.77. The minimum Gasteiger partial charge on any atom is -0.364 e. The van der Waals surface area contributed by atoms with Crippen LogP contribution in [0.5, 0.6) is 0 Å². The van der Waals surface area contributed by atoms with Crippen molar-refractivity contribution in [3.05, 3.63) is 35.1 Å². The molecule has 1 aromatic carbocycles. The van der Waals surface area contributed by atoms with E-state index in [2.05, 4.69) is 4.74 Å². The maximum Gasteiger partial charge on any atom is 0.183 e. The van der Waals surface area contributed by atoms with Crippen LogP contribution in [0.3, 0.4) is 0 Å². The van der Waals surface area contributed by atoms with E-state index >= 15 is 0 Å². The molecule has 3 heteroatoms. The van der Waals surface area contributed by atoms with Crippen LogP contribution in [-0.4, -0.2) is 12.2 Å². The fraction of sp³-hybridized carbons (Fsp3) is 0.333. The normalized spacial score (nSPS) is 13.0. The minimum absolute atomic E-state index is 0.178. The average molecular weight is 170 g/mol. The second-order valence-corrected chi connectivity index (χ2v) is 2.61. The number of hydrogen-bond donors (Lipinski definition) is 1. The van der Waals surface area contributed by atoms with E-state index in [-0.39, 0.29) is 5.56 Å². The van der Waals surface area contributed by atoms with Gasteiger partial charge >= 0.3 is 0 Å². The van der Waals surface area contributed by atoms with Gasteiger partial charge in [-0.2, -0.15) is 0 Å². The maximum atomic E-state index is 13.0. The number of rotatable bonds is 2. The van der Waals surface area contributed by atoms with Crippen molar-refractivity contribution >= 4 is 0 Å². The van der Waals surface area contributed by atoms with E-state index < -0.39 is 12.1 Å². The van der Waals surface area contributed by atoms with Crippen LogP contribution in [0.2, 0.25) is 0 Å². The minimum atomic E-state index is -1.18. The van der Waals surface area contributed by atoms with E-state index in [1.165, 1.54) is 13.2 Å². The van der Waals surface area contributed by atoms with E-state index in [1.54, 1.807) is 12.1 Å². The van der Waals surface area contributed by atoms with Gasteiger partial charge in [-0.3, -0.25) is 0 Å². The highest BCUT2D eigenvalue weighted by Crippen LogP contribution is 2.18. The Morgan fingerprint density at radius 3 is 2.75 bits per heavy atom. The smallest absolute Gasteiger partial charge is 0.183 e. The van der Waals surface area contributed by atoms with E-state index in [0.717, 1.165) is 5.56 Å². The van der Waals surface area contributed by atoms with E-state index in [1.807, 2.05) is 6.92 Å². The zero-order valence-corrected chi connectivity index (χ0v) is 7.04. The van der Waals surface area contributed by atoms with E-state index in [0.29, 0.717) is 0 Å². The third kappa shape index (κ3) is 1.81. The summed E-state index contributed by atoms with van der Waals surface area (Å²) in [4.78, 5) is 0. The second kappa shape index (κ2) is 3.65. The number of methoxy groups -OCH3 is 1. The molecule has 0 saturated carbocycles. The van der Waals surface area contributed by atoms with Gasteiger partial charge in [0.25, 0.3) is 0 Å². The van der Waals surface area contributed by atoms with Gasteiger partial charge in [0, 0.05) is 12.7 Å². The molecule has 2 nitrogen and oxygen atoms in total. The Bertz CT molecular complexity index is 273.